The summed E-state index contributed by atoms with van der Waals surface area (Å²) < 4.78 is 0. The van der Waals surface area contributed by atoms with Crippen LogP contribution in [0, 0.1) is 11.8 Å². The summed E-state index contributed by atoms with van der Waals surface area (Å²) in [5.74, 6) is 1.73. The van der Waals surface area contributed by atoms with E-state index >= 15 is 0 Å². The monoisotopic (exact) mass is 154 g/mol. The van der Waals surface area contributed by atoms with E-state index in [2.05, 4.69) is 34.3 Å². The third kappa shape index (κ3) is 5.06. The molecule has 66 valence electrons. The molecule has 0 spiro atoms. The zero-order valence-corrected chi connectivity index (χ0v) is 8.48. The highest BCUT2D eigenvalue weighted by atomic mass is 14.1. The second-order valence-electron chi connectivity index (χ2n) is 3.86. The maximum atomic E-state index is 3.91. The highest BCUT2D eigenvalue weighted by molar-refractivity contribution is 4.88. The van der Waals surface area contributed by atoms with Crippen molar-refractivity contribution < 1.29 is 0 Å². The Morgan fingerprint density at radius 2 is 1.82 bits per heavy atom. The first-order valence-electron chi connectivity index (χ1n) is 4.72. The lowest BCUT2D eigenvalue weighted by atomic mass is 9.89. The third-order valence-electron chi connectivity index (χ3n) is 2.64. The Bertz CT molecular complexity index is 113. The second-order valence-corrected chi connectivity index (χ2v) is 3.86. The summed E-state index contributed by atoms with van der Waals surface area (Å²) in [5, 5.41) is 0. The van der Waals surface area contributed by atoms with E-state index in [9.17, 15) is 0 Å². The molecule has 2 atom stereocenters. The molecule has 0 fully saturated rings. The predicted octanol–water partition coefficient (Wildman–Crippen LogP) is 4.02. The van der Waals surface area contributed by atoms with Crippen LogP contribution < -0.4 is 0 Å². The average Bonchev–Trinajstić information content (AvgIpc) is 1.98. The Balaban J connectivity index is 3.51. The largest absolute Gasteiger partial charge is 0.100 e. The van der Waals surface area contributed by atoms with Crippen LogP contribution in [0.3, 0.4) is 0 Å². The van der Waals surface area contributed by atoms with E-state index in [0.29, 0.717) is 0 Å². The highest BCUT2D eigenvalue weighted by Gasteiger charge is 2.08. The molecule has 0 aliphatic heterocycles. The van der Waals surface area contributed by atoms with Crippen molar-refractivity contribution >= 4 is 0 Å². The fourth-order valence-corrected chi connectivity index (χ4v) is 1.16. The molecule has 0 amide bonds. The molecule has 11 heavy (non-hydrogen) atoms. The maximum absolute atomic E-state index is 3.91. The van der Waals surface area contributed by atoms with E-state index in [-0.39, 0.29) is 0 Å². The van der Waals surface area contributed by atoms with Gasteiger partial charge < -0.3 is 0 Å². The van der Waals surface area contributed by atoms with Crippen LogP contribution in [0.4, 0.5) is 0 Å². The lowest BCUT2D eigenvalue weighted by Gasteiger charge is -2.17. The maximum Gasteiger partial charge on any atom is -0.0323 e. The van der Waals surface area contributed by atoms with Crippen LogP contribution in [-0.2, 0) is 0 Å². The van der Waals surface area contributed by atoms with Crippen molar-refractivity contribution in [2.24, 2.45) is 11.8 Å². The molecule has 0 aromatic heterocycles. The molecule has 0 N–H and O–H groups in total. The second kappa shape index (κ2) is 5.40. The van der Waals surface area contributed by atoms with Gasteiger partial charge in [-0.2, -0.15) is 0 Å². The summed E-state index contributed by atoms with van der Waals surface area (Å²) in [4.78, 5) is 0. The van der Waals surface area contributed by atoms with Crippen LogP contribution in [0.2, 0.25) is 0 Å². The predicted molar refractivity (Wildman–Crippen MR) is 52.7 cm³/mol. The molecule has 0 bridgehead atoms. The minimum atomic E-state index is 0.858. The fourth-order valence-electron chi connectivity index (χ4n) is 1.16. The summed E-state index contributed by atoms with van der Waals surface area (Å²) in [6.45, 7) is 13.0. The molecule has 0 rings (SSSR count). The normalized spacial score (nSPS) is 16.0. The first-order chi connectivity index (χ1) is 5.07. The van der Waals surface area contributed by atoms with Gasteiger partial charge in [-0.1, -0.05) is 32.8 Å². The molecule has 0 aliphatic rings. The van der Waals surface area contributed by atoms with Gasteiger partial charge in [-0.15, -0.1) is 6.58 Å². The molecule has 0 radical (unpaired) electrons. The fraction of sp³-hybridized carbons (Fsp3) is 0.818. The molecule has 0 aromatic carbocycles. The van der Waals surface area contributed by atoms with Gasteiger partial charge in [0.25, 0.3) is 0 Å². The lowest BCUT2D eigenvalue weighted by molar-refractivity contribution is 0.355. The summed E-state index contributed by atoms with van der Waals surface area (Å²) in [7, 11) is 0. The van der Waals surface area contributed by atoms with Crippen LogP contribution in [0.25, 0.3) is 0 Å². The average molecular weight is 154 g/mol. The Kier molecular flexibility index (Phi) is 5.27. The number of hydrogen-bond donors (Lipinski definition) is 0. The Labute approximate surface area is 71.7 Å². The topological polar surface area (TPSA) is 0 Å². The molecule has 0 saturated carbocycles. The van der Waals surface area contributed by atoms with Crippen molar-refractivity contribution in [1.29, 1.82) is 0 Å². The highest BCUT2D eigenvalue weighted by Crippen LogP contribution is 2.20. The lowest BCUT2D eigenvalue weighted by Crippen LogP contribution is -2.06. The van der Waals surface area contributed by atoms with Gasteiger partial charge in [-0.25, -0.2) is 0 Å². The molecule has 0 nitrogen and oxygen atoms in total. The van der Waals surface area contributed by atoms with Crippen molar-refractivity contribution in [3.63, 3.8) is 0 Å². The van der Waals surface area contributed by atoms with Gasteiger partial charge in [0, 0.05) is 0 Å². The van der Waals surface area contributed by atoms with E-state index in [0.717, 1.165) is 11.8 Å². The summed E-state index contributed by atoms with van der Waals surface area (Å²) >= 11 is 0. The van der Waals surface area contributed by atoms with Crippen molar-refractivity contribution in [1.82, 2.24) is 0 Å². The van der Waals surface area contributed by atoms with Crippen LogP contribution >= 0.6 is 0 Å². The first-order valence-corrected chi connectivity index (χ1v) is 4.72. The quantitative estimate of drug-likeness (QED) is 0.524. The van der Waals surface area contributed by atoms with Gasteiger partial charge in [-0.3, -0.25) is 0 Å². The van der Waals surface area contributed by atoms with E-state index in [4.69, 9.17) is 0 Å². The van der Waals surface area contributed by atoms with E-state index in [1.54, 1.807) is 0 Å². The van der Waals surface area contributed by atoms with Gasteiger partial charge in [0.2, 0.25) is 0 Å². The third-order valence-corrected chi connectivity index (χ3v) is 2.64. The Hall–Kier alpha value is -0.260. The zero-order chi connectivity index (χ0) is 8.85. The van der Waals surface area contributed by atoms with Crippen molar-refractivity contribution in [2.45, 2.75) is 47.0 Å². The SMILES string of the molecule is C=C(C)CCC(C)C(C)CC. The molecule has 0 saturated heterocycles. The Morgan fingerprint density at radius 3 is 2.18 bits per heavy atom. The molecule has 0 aliphatic carbocycles. The van der Waals surface area contributed by atoms with Crippen molar-refractivity contribution in [2.75, 3.05) is 0 Å². The van der Waals surface area contributed by atoms with Crippen molar-refractivity contribution in [3.05, 3.63) is 12.2 Å². The van der Waals surface area contributed by atoms with Gasteiger partial charge >= 0.3 is 0 Å². The Morgan fingerprint density at radius 1 is 1.27 bits per heavy atom. The van der Waals surface area contributed by atoms with Crippen LogP contribution in [0.1, 0.15) is 47.0 Å². The molecule has 0 heterocycles. The van der Waals surface area contributed by atoms with Gasteiger partial charge in [0.15, 0.2) is 0 Å². The number of hydrogen-bond acceptors (Lipinski definition) is 0. The summed E-state index contributed by atoms with van der Waals surface area (Å²) in [6, 6.07) is 0. The van der Waals surface area contributed by atoms with Gasteiger partial charge in [-0.05, 0) is 31.6 Å². The van der Waals surface area contributed by atoms with Crippen LogP contribution in [0.15, 0.2) is 12.2 Å². The molecule has 0 aromatic rings. The smallest absolute Gasteiger partial charge is 0.0323 e. The molecule has 2 unspecified atom stereocenters. The van der Waals surface area contributed by atoms with E-state index in [1.165, 1.54) is 24.8 Å². The van der Waals surface area contributed by atoms with Crippen LogP contribution in [0.5, 0.6) is 0 Å². The summed E-state index contributed by atoms with van der Waals surface area (Å²) in [5.41, 5.74) is 1.32. The number of rotatable bonds is 5. The first kappa shape index (κ1) is 10.7. The molecule has 0 heteroatoms. The van der Waals surface area contributed by atoms with Gasteiger partial charge in [0.1, 0.15) is 0 Å². The standard InChI is InChI=1S/C11H22/c1-6-10(4)11(5)8-7-9(2)3/h10-11H,2,6-8H2,1,3-5H3. The van der Waals surface area contributed by atoms with Crippen LogP contribution in [-0.4, -0.2) is 0 Å². The van der Waals surface area contributed by atoms with E-state index in [1.807, 2.05) is 0 Å². The summed E-state index contributed by atoms with van der Waals surface area (Å²) in [6.07, 6.45) is 3.81. The minimum absolute atomic E-state index is 0.858. The molecular formula is C11H22. The molecular weight excluding hydrogens is 132 g/mol. The minimum Gasteiger partial charge on any atom is -0.100 e. The number of allylic oxidation sites excluding steroid dienone is 1. The van der Waals surface area contributed by atoms with Gasteiger partial charge in [0.05, 0.1) is 0 Å². The zero-order valence-electron chi connectivity index (χ0n) is 8.48. The van der Waals surface area contributed by atoms with E-state index < -0.39 is 0 Å². The van der Waals surface area contributed by atoms with Crippen molar-refractivity contribution in [3.8, 4) is 0 Å².